The van der Waals surface area contributed by atoms with Crippen molar-refractivity contribution in [3.63, 3.8) is 0 Å². The van der Waals surface area contributed by atoms with Gasteiger partial charge in [-0.1, -0.05) is 13.3 Å². The fourth-order valence-corrected chi connectivity index (χ4v) is 3.82. The first kappa shape index (κ1) is 10.1. The van der Waals surface area contributed by atoms with Crippen molar-refractivity contribution in [2.45, 2.75) is 58.0 Å². The maximum Gasteiger partial charge on any atom is 0.0838 e. The molecule has 5 unspecified atom stereocenters. The molecule has 1 saturated heterocycles. The fraction of sp³-hybridized carbons (Fsp3) is 1.00. The Bertz CT molecular complexity index is 221. The molecule has 15 heavy (non-hydrogen) atoms. The van der Waals surface area contributed by atoms with Gasteiger partial charge in [-0.3, -0.25) is 0 Å². The van der Waals surface area contributed by atoms with Crippen molar-refractivity contribution in [1.82, 2.24) is 0 Å². The Morgan fingerprint density at radius 1 is 1.27 bits per heavy atom. The van der Waals surface area contributed by atoms with Gasteiger partial charge in [0.25, 0.3) is 0 Å². The van der Waals surface area contributed by atoms with E-state index >= 15 is 0 Å². The Morgan fingerprint density at radius 3 is 2.67 bits per heavy atom. The van der Waals surface area contributed by atoms with Crippen molar-refractivity contribution < 1.29 is 4.74 Å². The molecule has 1 heterocycles. The van der Waals surface area contributed by atoms with Crippen molar-refractivity contribution >= 4 is 0 Å². The molecule has 2 saturated carbocycles. The molecule has 0 aromatic rings. The lowest BCUT2D eigenvalue weighted by Gasteiger charge is -2.17. The highest BCUT2D eigenvalue weighted by molar-refractivity contribution is 4.97. The average molecular weight is 208 g/mol. The van der Waals surface area contributed by atoms with Crippen molar-refractivity contribution in [3.8, 4) is 0 Å². The van der Waals surface area contributed by atoms with Crippen molar-refractivity contribution in [1.29, 1.82) is 0 Å². The first-order chi connectivity index (χ1) is 7.38. The van der Waals surface area contributed by atoms with Crippen LogP contribution in [-0.2, 0) is 4.74 Å². The zero-order valence-electron chi connectivity index (χ0n) is 9.95. The summed E-state index contributed by atoms with van der Waals surface area (Å²) >= 11 is 0. The van der Waals surface area contributed by atoms with Crippen LogP contribution in [0.4, 0.5) is 0 Å². The first-order valence-electron chi connectivity index (χ1n) is 7.00. The third-order valence-corrected chi connectivity index (χ3v) is 4.94. The highest BCUT2D eigenvalue weighted by atomic mass is 16.6. The molecule has 5 atom stereocenters. The van der Waals surface area contributed by atoms with Crippen molar-refractivity contribution in [2.75, 3.05) is 6.61 Å². The molecule has 0 aromatic heterocycles. The molecule has 1 heteroatoms. The van der Waals surface area contributed by atoms with Crippen LogP contribution in [0.25, 0.3) is 0 Å². The molecule has 0 aromatic carbocycles. The minimum atomic E-state index is 0.654. The third-order valence-electron chi connectivity index (χ3n) is 4.94. The number of epoxide rings is 1. The number of ether oxygens (including phenoxy) is 1. The van der Waals surface area contributed by atoms with Gasteiger partial charge in [-0.25, -0.2) is 0 Å². The lowest BCUT2D eigenvalue weighted by atomic mass is 9.88. The summed E-state index contributed by atoms with van der Waals surface area (Å²) in [4.78, 5) is 0. The van der Waals surface area contributed by atoms with E-state index in [1.54, 1.807) is 19.3 Å². The van der Waals surface area contributed by atoms with E-state index in [0.717, 1.165) is 30.3 Å². The topological polar surface area (TPSA) is 12.5 Å². The molecule has 0 N–H and O–H groups in total. The summed E-state index contributed by atoms with van der Waals surface area (Å²) in [5, 5.41) is 0. The van der Waals surface area contributed by atoms with E-state index in [1.165, 1.54) is 25.7 Å². The predicted molar refractivity (Wildman–Crippen MR) is 61.7 cm³/mol. The summed E-state index contributed by atoms with van der Waals surface area (Å²) in [6, 6.07) is 0. The van der Waals surface area contributed by atoms with Gasteiger partial charge in [0.05, 0.1) is 12.7 Å². The molecular formula is C14H24O. The van der Waals surface area contributed by atoms with E-state index in [0.29, 0.717) is 6.10 Å². The van der Waals surface area contributed by atoms with E-state index in [2.05, 4.69) is 6.92 Å². The van der Waals surface area contributed by atoms with Gasteiger partial charge in [-0.15, -0.1) is 0 Å². The van der Waals surface area contributed by atoms with Gasteiger partial charge in [0.1, 0.15) is 0 Å². The van der Waals surface area contributed by atoms with Crippen LogP contribution in [0.3, 0.4) is 0 Å². The average Bonchev–Trinajstić information content (AvgIpc) is 3.12. The quantitative estimate of drug-likeness (QED) is 0.607. The second-order valence-corrected chi connectivity index (χ2v) is 5.99. The van der Waals surface area contributed by atoms with Crippen molar-refractivity contribution in [3.05, 3.63) is 0 Å². The van der Waals surface area contributed by atoms with Crippen LogP contribution in [0, 0.1) is 23.7 Å². The second-order valence-electron chi connectivity index (χ2n) is 5.99. The summed E-state index contributed by atoms with van der Waals surface area (Å²) in [5.74, 6) is 4.32. The Hall–Kier alpha value is -0.0400. The third kappa shape index (κ3) is 2.22. The van der Waals surface area contributed by atoms with Gasteiger partial charge in [0.2, 0.25) is 0 Å². The summed E-state index contributed by atoms with van der Waals surface area (Å²) in [7, 11) is 0. The van der Waals surface area contributed by atoms with Crippen molar-refractivity contribution in [2.24, 2.45) is 23.7 Å². The number of fused-ring (bicyclic) bond motifs is 1. The molecule has 2 aliphatic carbocycles. The van der Waals surface area contributed by atoms with Gasteiger partial charge >= 0.3 is 0 Å². The normalized spacial score (nSPS) is 43.8. The van der Waals surface area contributed by atoms with Crippen LogP contribution in [0.15, 0.2) is 0 Å². The van der Waals surface area contributed by atoms with E-state index in [1.807, 2.05) is 0 Å². The largest absolute Gasteiger partial charge is 0.373 e. The minimum Gasteiger partial charge on any atom is -0.373 e. The molecule has 1 nitrogen and oxygen atoms in total. The van der Waals surface area contributed by atoms with Crippen LogP contribution < -0.4 is 0 Å². The molecule has 3 rings (SSSR count). The number of hydrogen-bond acceptors (Lipinski definition) is 1. The van der Waals surface area contributed by atoms with E-state index in [4.69, 9.17) is 4.74 Å². The van der Waals surface area contributed by atoms with Gasteiger partial charge in [-0.05, 0) is 62.2 Å². The molecule has 1 aliphatic heterocycles. The summed E-state index contributed by atoms with van der Waals surface area (Å²) in [5.41, 5.74) is 0. The zero-order valence-corrected chi connectivity index (χ0v) is 9.95. The Balaban J connectivity index is 1.42. The van der Waals surface area contributed by atoms with E-state index in [-0.39, 0.29) is 0 Å². The first-order valence-corrected chi connectivity index (χ1v) is 7.00. The molecule has 3 fully saturated rings. The van der Waals surface area contributed by atoms with Crippen LogP contribution in [0.5, 0.6) is 0 Å². The zero-order chi connectivity index (χ0) is 10.3. The predicted octanol–water partition coefficient (Wildman–Crippen LogP) is 3.63. The molecule has 0 radical (unpaired) electrons. The summed E-state index contributed by atoms with van der Waals surface area (Å²) in [6.45, 7) is 3.36. The molecule has 0 amide bonds. The highest BCUT2D eigenvalue weighted by Gasteiger charge is 2.47. The Morgan fingerprint density at radius 2 is 2.13 bits per heavy atom. The van der Waals surface area contributed by atoms with Crippen LogP contribution in [-0.4, -0.2) is 12.7 Å². The summed E-state index contributed by atoms with van der Waals surface area (Å²) in [6.07, 6.45) is 11.0. The summed E-state index contributed by atoms with van der Waals surface area (Å²) < 4.78 is 5.48. The monoisotopic (exact) mass is 208 g/mol. The fourth-order valence-electron chi connectivity index (χ4n) is 3.82. The Kier molecular flexibility index (Phi) is 2.76. The maximum atomic E-state index is 5.48. The second kappa shape index (κ2) is 4.08. The Labute approximate surface area is 93.6 Å². The van der Waals surface area contributed by atoms with E-state index in [9.17, 15) is 0 Å². The standard InChI is InChI=1S/C14H24O/c1-2-3-11(14-9-15-14)6-4-10-5-7-12-8-13(10)12/h10-14H,2-9H2,1H3. The lowest BCUT2D eigenvalue weighted by molar-refractivity contribution is 0.276. The van der Waals surface area contributed by atoms with Gasteiger partial charge in [-0.2, -0.15) is 0 Å². The lowest BCUT2D eigenvalue weighted by Crippen LogP contribution is -2.11. The molecule has 86 valence electrons. The number of rotatable bonds is 6. The highest BCUT2D eigenvalue weighted by Crippen LogP contribution is 2.57. The van der Waals surface area contributed by atoms with E-state index < -0.39 is 0 Å². The van der Waals surface area contributed by atoms with Gasteiger partial charge in [0.15, 0.2) is 0 Å². The van der Waals surface area contributed by atoms with Gasteiger partial charge in [0, 0.05) is 0 Å². The van der Waals surface area contributed by atoms with Gasteiger partial charge < -0.3 is 4.74 Å². The maximum absolute atomic E-state index is 5.48. The smallest absolute Gasteiger partial charge is 0.0838 e. The van der Waals surface area contributed by atoms with Crippen LogP contribution >= 0.6 is 0 Å². The molecule has 3 aliphatic rings. The minimum absolute atomic E-state index is 0.654. The molecular weight excluding hydrogens is 184 g/mol. The molecule has 0 spiro atoms. The number of hydrogen-bond donors (Lipinski definition) is 0. The van der Waals surface area contributed by atoms with Crippen LogP contribution in [0.2, 0.25) is 0 Å². The molecule has 0 bridgehead atoms. The van der Waals surface area contributed by atoms with Crippen LogP contribution in [0.1, 0.15) is 51.9 Å². The SMILES string of the molecule is CCCC(CCC1CCC2CC12)C1CO1.